The standard InChI is InChI=1S/C26H30BrN3O3S/c1-20-9-14-24(34-20)18-30(17-21-7-4-3-5-8-21)25(31)19-29(15-6-16-33-2)26(32)28-23-12-10-22(27)11-13-23/h3-5,7-14H,6,15-19H2,1-2H3,(H,28,32). The van der Waals surface area contributed by atoms with Gasteiger partial charge in [-0.3, -0.25) is 4.79 Å². The van der Waals surface area contributed by atoms with Gasteiger partial charge in [-0.2, -0.15) is 0 Å². The number of methoxy groups -OCH3 is 1. The fraction of sp³-hybridized carbons (Fsp3) is 0.308. The third kappa shape index (κ3) is 8.27. The molecule has 180 valence electrons. The van der Waals surface area contributed by atoms with E-state index in [1.165, 1.54) is 4.88 Å². The molecular weight excluding hydrogens is 514 g/mol. The molecule has 0 unspecified atom stereocenters. The minimum atomic E-state index is -0.307. The Morgan fingerprint density at radius 2 is 1.71 bits per heavy atom. The summed E-state index contributed by atoms with van der Waals surface area (Å²) in [6.45, 7) is 3.96. The first-order valence-corrected chi connectivity index (χ1v) is 12.7. The zero-order valence-electron chi connectivity index (χ0n) is 19.5. The van der Waals surface area contributed by atoms with Crippen molar-refractivity contribution in [2.75, 3.05) is 32.1 Å². The number of halogens is 1. The highest BCUT2D eigenvalue weighted by atomic mass is 79.9. The summed E-state index contributed by atoms with van der Waals surface area (Å²) in [7, 11) is 1.63. The number of ether oxygens (including phenoxy) is 1. The first-order chi connectivity index (χ1) is 16.4. The highest BCUT2D eigenvalue weighted by Gasteiger charge is 2.22. The van der Waals surface area contributed by atoms with Crippen LogP contribution in [0.4, 0.5) is 10.5 Å². The van der Waals surface area contributed by atoms with E-state index < -0.39 is 0 Å². The van der Waals surface area contributed by atoms with Crippen LogP contribution in [0.2, 0.25) is 0 Å². The lowest BCUT2D eigenvalue weighted by Crippen LogP contribution is -2.44. The number of nitrogens with one attached hydrogen (secondary N) is 1. The van der Waals surface area contributed by atoms with E-state index in [0.29, 0.717) is 38.3 Å². The van der Waals surface area contributed by atoms with Gasteiger partial charge in [-0.05, 0) is 55.3 Å². The lowest BCUT2D eigenvalue weighted by atomic mass is 10.2. The van der Waals surface area contributed by atoms with Crippen molar-refractivity contribution in [2.24, 2.45) is 0 Å². The molecule has 1 heterocycles. The molecule has 0 aliphatic rings. The van der Waals surface area contributed by atoms with Crippen LogP contribution in [-0.2, 0) is 22.6 Å². The second kappa shape index (κ2) is 13.3. The SMILES string of the molecule is COCCCN(CC(=O)N(Cc1ccccc1)Cc1ccc(C)s1)C(=O)Nc1ccc(Br)cc1. The summed E-state index contributed by atoms with van der Waals surface area (Å²) in [5.74, 6) is -0.0988. The summed E-state index contributed by atoms with van der Waals surface area (Å²) in [5.41, 5.74) is 1.72. The van der Waals surface area contributed by atoms with E-state index in [4.69, 9.17) is 4.74 Å². The highest BCUT2D eigenvalue weighted by molar-refractivity contribution is 9.10. The summed E-state index contributed by atoms with van der Waals surface area (Å²) in [6, 6.07) is 21.1. The van der Waals surface area contributed by atoms with Crippen molar-refractivity contribution in [3.05, 3.63) is 86.5 Å². The Morgan fingerprint density at radius 1 is 0.971 bits per heavy atom. The minimum absolute atomic E-state index is 0.0106. The first kappa shape index (κ1) is 25.9. The van der Waals surface area contributed by atoms with Crippen LogP contribution in [0.15, 0.2) is 71.2 Å². The van der Waals surface area contributed by atoms with Crippen molar-refractivity contribution in [3.63, 3.8) is 0 Å². The summed E-state index contributed by atoms with van der Waals surface area (Å²) < 4.78 is 6.09. The molecule has 2 aromatic carbocycles. The summed E-state index contributed by atoms with van der Waals surface area (Å²) in [4.78, 5) is 32.2. The van der Waals surface area contributed by atoms with Crippen LogP contribution in [-0.4, -0.2) is 48.5 Å². The molecule has 0 fully saturated rings. The first-order valence-electron chi connectivity index (χ1n) is 11.1. The van der Waals surface area contributed by atoms with Crippen LogP contribution in [0, 0.1) is 6.92 Å². The van der Waals surface area contributed by atoms with Crippen LogP contribution in [0.25, 0.3) is 0 Å². The Morgan fingerprint density at radius 3 is 2.35 bits per heavy atom. The fourth-order valence-electron chi connectivity index (χ4n) is 3.45. The lowest BCUT2D eigenvalue weighted by molar-refractivity contribution is -0.133. The predicted molar refractivity (Wildman–Crippen MR) is 141 cm³/mol. The van der Waals surface area contributed by atoms with Crippen LogP contribution < -0.4 is 5.32 Å². The number of thiophene rings is 1. The molecule has 3 rings (SSSR count). The lowest BCUT2D eigenvalue weighted by Gasteiger charge is -2.28. The van der Waals surface area contributed by atoms with E-state index in [2.05, 4.69) is 40.3 Å². The molecule has 3 aromatic rings. The molecule has 1 N–H and O–H groups in total. The van der Waals surface area contributed by atoms with Crippen molar-refractivity contribution >= 4 is 44.9 Å². The Labute approximate surface area is 213 Å². The van der Waals surface area contributed by atoms with E-state index in [0.717, 1.165) is 14.9 Å². The molecule has 0 saturated heterocycles. The Bertz CT molecular complexity index is 1060. The quantitative estimate of drug-likeness (QED) is 0.305. The Balaban J connectivity index is 1.74. The molecule has 1 aromatic heterocycles. The van der Waals surface area contributed by atoms with Gasteiger partial charge < -0.3 is 19.9 Å². The molecule has 6 nitrogen and oxygen atoms in total. The van der Waals surface area contributed by atoms with Crippen molar-refractivity contribution in [3.8, 4) is 0 Å². The maximum atomic E-state index is 13.5. The number of anilines is 1. The number of benzene rings is 2. The van der Waals surface area contributed by atoms with Gasteiger partial charge in [-0.15, -0.1) is 11.3 Å². The van der Waals surface area contributed by atoms with Gasteiger partial charge >= 0.3 is 6.03 Å². The third-order valence-electron chi connectivity index (χ3n) is 5.20. The van der Waals surface area contributed by atoms with Crippen molar-refractivity contribution < 1.29 is 14.3 Å². The summed E-state index contributed by atoms with van der Waals surface area (Å²) >= 11 is 5.08. The van der Waals surface area contributed by atoms with Crippen molar-refractivity contribution in [1.29, 1.82) is 0 Å². The normalized spacial score (nSPS) is 10.7. The predicted octanol–water partition coefficient (Wildman–Crippen LogP) is 5.92. The molecule has 0 atom stereocenters. The number of urea groups is 1. The maximum Gasteiger partial charge on any atom is 0.322 e. The van der Waals surface area contributed by atoms with Crippen LogP contribution in [0.3, 0.4) is 0 Å². The number of hydrogen-bond acceptors (Lipinski definition) is 4. The van der Waals surface area contributed by atoms with E-state index in [1.807, 2.05) is 59.5 Å². The zero-order chi connectivity index (χ0) is 24.3. The number of nitrogens with zero attached hydrogens (tertiary/aromatic N) is 2. The fourth-order valence-corrected chi connectivity index (χ4v) is 4.62. The minimum Gasteiger partial charge on any atom is -0.385 e. The number of aryl methyl sites for hydroxylation is 1. The van der Waals surface area contributed by atoms with Crippen LogP contribution in [0.1, 0.15) is 21.7 Å². The van der Waals surface area contributed by atoms with E-state index in [1.54, 1.807) is 23.3 Å². The third-order valence-corrected chi connectivity index (χ3v) is 6.71. The van der Waals surface area contributed by atoms with Gasteiger partial charge in [0.05, 0.1) is 6.54 Å². The highest BCUT2D eigenvalue weighted by Crippen LogP contribution is 2.19. The molecule has 0 radical (unpaired) electrons. The topological polar surface area (TPSA) is 61.9 Å². The molecule has 0 saturated carbocycles. The summed E-state index contributed by atoms with van der Waals surface area (Å²) in [6.07, 6.45) is 0.639. The monoisotopic (exact) mass is 543 g/mol. The number of rotatable bonds is 11. The molecule has 0 spiro atoms. The molecule has 0 aliphatic carbocycles. The average Bonchev–Trinajstić information content (AvgIpc) is 3.24. The van der Waals surface area contributed by atoms with Gasteiger partial charge in [-0.1, -0.05) is 46.3 Å². The number of carbonyl (C=O) groups is 2. The number of hydrogen-bond donors (Lipinski definition) is 1. The Hall–Kier alpha value is -2.68. The molecule has 0 aliphatic heterocycles. The number of amides is 3. The molecule has 34 heavy (non-hydrogen) atoms. The molecule has 3 amide bonds. The van der Waals surface area contributed by atoms with E-state index in [-0.39, 0.29) is 18.5 Å². The average molecular weight is 545 g/mol. The van der Waals surface area contributed by atoms with Gasteiger partial charge in [0.2, 0.25) is 5.91 Å². The van der Waals surface area contributed by atoms with E-state index >= 15 is 0 Å². The number of carbonyl (C=O) groups excluding carboxylic acids is 2. The van der Waals surface area contributed by atoms with Gasteiger partial charge in [0.15, 0.2) is 0 Å². The molecular formula is C26H30BrN3O3S. The maximum absolute atomic E-state index is 13.5. The van der Waals surface area contributed by atoms with Crippen LogP contribution in [0.5, 0.6) is 0 Å². The zero-order valence-corrected chi connectivity index (χ0v) is 21.9. The van der Waals surface area contributed by atoms with Crippen LogP contribution >= 0.6 is 27.3 Å². The second-order valence-corrected chi connectivity index (χ2v) is 10.2. The Kier molecular flexibility index (Phi) is 10.1. The smallest absolute Gasteiger partial charge is 0.322 e. The summed E-state index contributed by atoms with van der Waals surface area (Å²) in [5, 5.41) is 2.90. The largest absolute Gasteiger partial charge is 0.385 e. The van der Waals surface area contributed by atoms with E-state index in [9.17, 15) is 9.59 Å². The molecule has 0 bridgehead atoms. The molecule has 8 heteroatoms. The van der Waals surface area contributed by atoms with Crippen molar-refractivity contribution in [2.45, 2.75) is 26.4 Å². The second-order valence-electron chi connectivity index (χ2n) is 7.95. The van der Waals surface area contributed by atoms with Gasteiger partial charge in [-0.25, -0.2) is 4.79 Å². The van der Waals surface area contributed by atoms with Gasteiger partial charge in [0.25, 0.3) is 0 Å². The van der Waals surface area contributed by atoms with Crippen molar-refractivity contribution in [1.82, 2.24) is 9.80 Å². The van der Waals surface area contributed by atoms with Gasteiger partial charge in [0.1, 0.15) is 6.54 Å². The van der Waals surface area contributed by atoms with Gasteiger partial charge in [0, 0.05) is 46.7 Å².